The number of morpholine rings is 1. The van der Waals surface area contributed by atoms with Crippen LogP contribution in [-0.2, 0) is 14.8 Å². The number of hydrogen-bond acceptors (Lipinski definition) is 7. The van der Waals surface area contributed by atoms with Crippen LogP contribution in [0, 0.1) is 0 Å². The first-order chi connectivity index (χ1) is 14.3. The summed E-state index contributed by atoms with van der Waals surface area (Å²) in [7, 11) is -2.22. The van der Waals surface area contributed by atoms with Crippen LogP contribution in [0.1, 0.15) is 22.8 Å². The third kappa shape index (κ3) is 4.78. The van der Waals surface area contributed by atoms with Crippen LogP contribution in [0.2, 0.25) is 0 Å². The molecule has 160 valence electrons. The van der Waals surface area contributed by atoms with E-state index in [0.29, 0.717) is 30.2 Å². The molecule has 1 amide bonds. The van der Waals surface area contributed by atoms with Crippen LogP contribution in [-0.4, -0.2) is 62.9 Å². The third-order valence-electron chi connectivity index (χ3n) is 4.62. The standard InChI is InChI=1S/C20H23N3O6S/c1-14(18-7-6-16(28-2)13-19(18)24)21-22-20(25)15-4-3-5-17(12-15)30(26,27)23-8-10-29-11-9-23/h3-7,12-13,24H,8-11H2,1-2H3,(H,22,25). The van der Waals surface area contributed by atoms with Gasteiger partial charge in [0.1, 0.15) is 11.5 Å². The summed E-state index contributed by atoms with van der Waals surface area (Å²) in [6, 6.07) is 10.5. The number of phenols is 1. The maximum atomic E-state index is 12.8. The summed E-state index contributed by atoms with van der Waals surface area (Å²) in [5, 5.41) is 14.1. The number of hydrazone groups is 1. The maximum absolute atomic E-state index is 12.8. The Bertz CT molecular complexity index is 1060. The van der Waals surface area contributed by atoms with Crippen LogP contribution in [0.15, 0.2) is 52.5 Å². The number of benzene rings is 2. The van der Waals surface area contributed by atoms with E-state index in [-0.39, 0.29) is 29.3 Å². The summed E-state index contributed by atoms with van der Waals surface area (Å²) < 4.78 is 37.1. The lowest BCUT2D eigenvalue weighted by Gasteiger charge is -2.26. The van der Waals surface area contributed by atoms with Crippen molar-refractivity contribution in [1.29, 1.82) is 0 Å². The molecule has 3 rings (SSSR count). The average Bonchev–Trinajstić information content (AvgIpc) is 2.77. The lowest BCUT2D eigenvalue weighted by Crippen LogP contribution is -2.40. The van der Waals surface area contributed by atoms with Crippen LogP contribution in [0.3, 0.4) is 0 Å². The molecule has 0 aliphatic carbocycles. The van der Waals surface area contributed by atoms with E-state index in [9.17, 15) is 18.3 Å². The minimum atomic E-state index is -3.71. The van der Waals surface area contributed by atoms with Crippen molar-refractivity contribution in [2.24, 2.45) is 5.10 Å². The lowest BCUT2D eigenvalue weighted by atomic mass is 10.1. The average molecular weight is 433 g/mol. The van der Waals surface area contributed by atoms with Crippen molar-refractivity contribution >= 4 is 21.6 Å². The fraction of sp³-hybridized carbons (Fsp3) is 0.300. The zero-order valence-electron chi connectivity index (χ0n) is 16.7. The molecular formula is C20H23N3O6S. The number of nitrogens with one attached hydrogen (secondary N) is 1. The Morgan fingerprint density at radius 2 is 1.93 bits per heavy atom. The summed E-state index contributed by atoms with van der Waals surface area (Å²) >= 11 is 0. The molecule has 9 nitrogen and oxygen atoms in total. The number of hydrogen-bond donors (Lipinski definition) is 2. The second-order valence-electron chi connectivity index (χ2n) is 6.57. The number of methoxy groups -OCH3 is 1. The van der Waals surface area contributed by atoms with Gasteiger partial charge in [0.25, 0.3) is 5.91 Å². The number of nitrogens with zero attached hydrogens (tertiary/aromatic N) is 2. The summed E-state index contributed by atoms with van der Waals surface area (Å²) in [6.07, 6.45) is 0. The van der Waals surface area contributed by atoms with E-state index in [4.69, 9.17) is 9.47 Å². The van der Waals surface area contributed by atoms with Gasteiger partial charge in [0.15, 0.2) is 0 Å². The van der Waals surface area contributed by atoms with Crippen molar-refractivity contribution < 1.29 is 27.8 Å². The number of rotatable bonds is 6. The van der Waals surface area contributed by atoms with Gasteiger partial charge >= 0.3 is 0 Å². The van der Waals surface area contributed by atoms with Crippen molar-refractivity contribution in [2.75, 3.05) is 33.4 Å². The quantitative estimate of drug-likeness (QED) is 0.528. The van der Waals surface area contributed by atoms with Gasteiger partial charge in [0, 0.05) is 30.3 Å². The molecule has 0 radical (unpaired) electrons. The van der Waals surface area contributed by atoms with Crippen molar-refractivity contribution in [1.82, 2.24) is 9.73 Å². The van der Waals surface area contributed by atoms with Crippen LogP contribution in [0.4, 0.5) is 0 Å². The van der Waals surface area contributed by atoms with Gasteiger partial charge in [-0.2, -0.15) is 9.41 Å². The number of carbonyl (C=O) groups excluding carboxylic acids is 1. The van der Waals surface area contributed by atoms with Crippen LogP contribution >= 0.6 is 0 Å². The molecule has 30 heavy (non-hydrogen) atoms. The first kappa shape index (κ1) is 21.8. The Balaban J connectivity index is 1.76. The van der Waals surface area contributed by atoms with Crippen molar-refractivity contribution in [3.63, 3.8) is 0 Å². The molecule has 1 aliphatic heterocycles. The smallest absolute Gasteiger partial charge is 0.271 e. The Morgan fingerprint density at radius 3 is 2.60 bits per heavy atom. The van der Waals surface area contributed by atoms with E-state index < -0.39 is 15.9 Å². The summed E-state index contributed by atoms with van der Waals surface area (Å²) in [5.41, 5.74) is 3.35. The molecule has 0 spiro atoms. The van der Waals surface area contributed by atoms with E-state index in [1.54, 1.807) is 19.1 Å². The van der Waals surface area contributed by atoms with Gasteiger partial charge in [-0.15, -0.1) is 0 Å². The highest BCUT2D eigenvalue weighted by Crippen LogP contribution is 2.24. The van der Waals surface area contributed by atoms with Crippen molar-refractivity contribution in [3.8, 4) is 11.5 Å². The maximum Gasteiger partial charge on any atom is 0.271 e. The van der Waals surface area contributed by atoms with Gasteiger partial charge in [-0.05, 0) is 37.3 Å². The predicted molar refractivity (Wildman–Crippen MR) is 110 cm³/mol. The summed E-state index contributed by atoms with van der Waals surface area (Å²) in [4.78, 5) is 12.5. The van der Waals surface area contributed by atoms with Gasteiger partial charge in [0.05, 0.1) is 30.9 Å². The Labute approximate surface area is 175 Å². The minimum Gasteiger partial charge on any atom is -0.507 e. The van der Waals surface area contributed by atoms with E-state index in [1.807, 2.05) is 0 Å². The molecule has 1 heterocycles. The van der Waals surface area contributed by atoms with Gasteiger partial charge in [0.2, 0.25) is 10.0 Å². The molecule has 2 N–H and O–H groups in total. The molecule has 1 aliphatic rings. The third-order valence-corrected chi connectivity index (χ3v) is 6.52. The molecule has 1 saturated heterocycles. The van der Waals surface area contributed by atoms with Gasteiger partial charge in [-0.25, -0.2) is 13.8 Å². The molecule has 10 heteroatoms. The minimum absolute atomic E-state index is 0.0329. The normalized spacial score (nSPS) is 15.6. The molecule has 0 aromatic heterocycles. The summed E-state index contributed by atoms with van der Waals surface area (Å²) in [5.74, 6) is -0.115. The number of amides is 1. The molecule has 2 aromatic rings. The molecular weight excluding hydrogens is 410 g/mol. The molecule has 2 aromatic carbocycles. The Morgan fingerprint density at radius 1 is 1.20 bits per heavy atom. The highest BCUT2D eigenvalue weighted by atomic mass is 32.2. The molecule has 0 saturated carbocycles. The lowest BCUT2D eigenvalue weighted by molar-refractivity contribution is 0.0730. The first-order valence-corrected chi connectivity index (χ1v) is 10.7. The Hall–Kier alpha value is -2.95. The zero-order valence-corrected chi connectivity index (χ0v) is 17.5. The number of ether oxygens (including phenoxy) is 2. The SMILES string of the molecule is COc1ccc(C(C)=NNC(=O)c2cccc(S(=O)(=O)N3CCOCC3)c2)c(O)c1. The zero-order chi connectivity index (χ0) is 21.7. The fourth-order valence-corrected chi connectivity index (χ4v) is 4.39. The molecule has 0 bridgehead atoms. The monoisotopic (exact) mass is 433 g/mol. The van der Waals surface area contributed by atoms with Crippen molar-refractivity contribution in [3.05, 3.63) is 53.6 Å². The number of sulfonamides is 1. The number of carbonyl (C=O) groups is 1. The van der Waals surface area contributed by atoms with Gasteiger partial charge in [-0.1, -0.05) is 6.07 Å². The predicted octanol–water partition coefficient (Wildman–Crippen LogP) is 1.58. The Kier molecular flexibility index (Phi) is 6.70. The van der Waals surface area contributed by atoms with Crippen molar-refractivity contribution in [2.45, 2.75) is 11.8 Å². The van der Waals surface area contributed by atoms with Gasteiger partial charge in [-0.3, -0.25) is 4.79 Å². The molecule has 0 unspecified atom stereocenters. The van der Waals surface area contributed by atoms with Gasteiger partial charge < -0.3 is 14.6 Å². The fourth-order valence-electron chi connectivity index (χ4n) is 2.94. The number of phenolic OH excluding ortho intramolecular Hbond substituents is 1. The van der Waals surface area contributed by atoms with Crippen LogP contribution in [0.25, 0.3) is 0 Å². The topological polar surface area (TPSA) is 118 Å². The first-order valence-electron chi connectivity index (χ1n) is 9.23. The highest BCUT2D eigenvalue weighted by molar-refractivity contribution is 7.89. The van der Waals surface area contributed by atoms with Crippen LogP contribution < -0.4 is 10.2 Å². The van der Waals surface area contributed by atoms with E-state index >= 15 is 0 Å². The highest BCUT2D eigenvalue weighted by Gasteiger charge is 2.26. The van der Waals surface area contributed by atoms with E-state index in [1.165, 1.54) is 41.7 Å². The second-order valence-corrected chi connectivity index (χ2v) is 8.50. The van der Waals surface area contributed by atoms with E-state index in [2.05, 4.69) is 10.5 Å². The summed E-state index contributed by atoms with van der Waals surface area (Å²) in [6.45, 7) is 2.85. The molecule has 1 fully saturated rings. The number of aromatic hydroxyl groups is 1. The second kappa shape index (κ2) is 9.24. The van der Waals surface area contributed by atoms with Crippen LogP contribution in [0.5, 0.6) is 11.5 Å². The largest absolute Gasteiger partial charge is 0.507 e. The van der Waals surface area contributed by atoms with E-state index in [0.717, 1.165) is 0 Å². The molecule has 0 atom stereocenters.